The summed E-state index contributed by atoms with van der Waals surface area (Å²) >= 11 is 0. The van der Waals surface area contributed by atoms with Crippen molar-refractivity contribution in [2.45, 2.75) is 25.8 Å². The van der Waals surface area contributed by atoms with Crippen LogP contribution in [-0.4, -0.2) is 75.7 Å². The molecule has 0 saturated carbocycles. The Bertz CT molecular complexity index is 749. The SMILES string of the molecule is CCS(=O)(=O)N(C)CCCNC(=NC)NC1CCN(c2ncccc2F)C1.I. The molecule has 2 heterocycles. The van der Waals surface area contributed by atoms with Crippen molar-refractivity contribution in [3.63, 3.8) is 0 Å². The first-order valence-corrected chi connectivity index (χ1v) is 10.7. The van der Waals surface area contributed by atoms with Crippen LogP contribution in [0.25, 0.3) is 0 Å². The Kier molecular flexibility index (Phi) is 10.4. The summed E-state index contributed by atoms with van der Waals surface area (Å²) in [7, 11) is 0.140. The molecule has 1 aromatic rings. The Morgan fingerprint density at radius 1 is 1.50 bits per heavy atom. The average Bonchev–Trinajstić information content (AvgIpc) is 3.12. The van der Waals surface area contributed by atoms with E-state index in [0.717, 1.165) is 13.0 Å². The summed E-state index contributed by atoms with van der Waals surface area (Å²) in [6.45, 7) is 4.07. The number of hydrogen-bond donors (Lipinski definition) is 2. The molecule has 2 rings (SSSR count). The van der Waals surface area contributed by atoms with Crippen LogP contribution in [0.15, 0.2) is 23.3 Å². The van der Waals surface area contributed by atoms with E-state index in [4.69, 9.17) is 0 Å². The third-order valence-electron chi connectivity index (χ3n) is 4.57. The first-order chi connectivity index (χ1) is 12.9. The molecule has 8 nitrogen and oxygen atoms in total. The normalized spacial score (nSPS) is 17.5. The molecule has 1 atom stereocenters. The second-order valence-corrected chi connectivity index (χ2v) is 8.82. The van der Waals surface area contributed by atoms with Crippen LogP contribution in [0.4, 0.5) is 10.2 Å². The molecule has 1 saturated heterocycles. The van der Waals surface area contributed by atoms with Crippen molar-refractivity contribution in [1.29, 1.82) is 0 Å². The highest BCUT2D eigenvalue weighted by Crippen LogP contribution is 2.20. The highest BCUT2D eigenvalue weighted by atomic mass is 127. The van der Waals surface area contributed by atoms with Crippen LogP contribution in [0.2, 0.25) is 0 Å². The van der Waals surface area contributed by atoms with Crippen LogP contribution in [0.3, 0.4) is 0 Å². The maximum absolute atomic E-state index is 13.9. The molecule has 0 aliphatic carbocycles. The lowest BCUT2D eigenvalue weighted by Crippen LogP contribution is -2.45. The third-order valence-corrected chi connectivity index (χ3v) is 6.44. The maximum atomic E-state index is 13.9. The topological polar surface area (TPSA) is 89.9 Å². The average molecular weight is 528 g/mol. The van der Waals surface area contributed by atoms with E-state index in [9.17, 15) is 12.8 Å². The van der Waals surface area contributed by atoms with E-state index in [-0.39, 0.29) is 41.6 Å². The number of anilines is 1. The van der Waals surface area contributed by atoms with Gasteiger partial charge in [-0.15, -0.1) is 24.0 Å². The highest BCUT2D eigenvalue weighted by Gasteiger charge is 2.25. The van der Waals surface area contributed by atoms with Crippen molar-refractivity contribution in [2.75, 3.05) is 50.9 Å². The smallest absolute Gasteiger partial charge is 0.213 e. The summed E-state index contributed by atoms with van der Waals surface area (Å²) in [5.74, 6) is 0.830. The Labute approximate surface area is 184 Å². The Hall–Kier alpha value is -1.21. The molecule has 1 aromatic heterocycles. The summed E-state index contributed by atoms with van der Waals surface area (Å²) in [4.78, 5) is 10.2. The minimum atomic E-state index is -3.14. The van der Waals surface area contributed by atoms with Crippen LogP contribution >= 0.6 is 24.0 Å². The van der Waals surface area contributed by atoms with Crippen molar-refractivity contribution in [2.24, 2.45) is 4.99 Å². The van der Waals surface area contributed by atoms with Gasteiger partial charge in [-0.2, -0.15) is 0 Å². The molecular formula is C17H30FIN6O2S. The fourth-order valence-corrected chi connectivity index (χ4v) is 3.78. The first kappa shape index (κ1) is 24.8. The van der Waals surface area contributed by atoms with Crippen molar-refractivity contribution >= 4 is 45.8 Å². The Morgan fingerprint density at radius 3 is 2.89 bits per heavy atom. The van der Waals surface area contributed by atoms with E-state index in [1.807, 2.05) is 4.90 Å². The van der Waals surface area contributed by atoms with Crippen LogP contribution in [0, 0.1) is 5.82 Å². The number of halogens is 2. The van der Waals surface area contributed by atoms with Gasteiger partial charge in [0.2, 0.25) is 10.0 Å². The quantitative estimate of drug-likeness (QED) is 0.229. The van der Waals surface area contributed by atoms with Gasteiger partial charge >= 0.3 is 0 Å². The van der Waals surface area contributed by atoms with E-state index in [0.29, 0.717) is 37.8 Å². The minimum absolute atomic E-state index is 0. The first-order valence-electron chi connectivity index (χ1n) is 9.14. The summed E-state index contributed by atoms with van der Waals surface area (Å²) in [6.07, 6.45) is 3.12. The fraction of sp³-hybridized carbons (Fsp3) is 0.647. The number of guanidine groups is 1. The van der Waals surface area contributed by atoms with Crippen LogP contribution in [0.5, 0.6) is 0 Å². The predicted molar refractivity (Wildman–Crippen MR) is 121 cm³/mol. The lowest BCUT2D eigenvalue weighted by molar-refractivity contribution is 0.461. The molecular weight excluding hydrogens is 498 g/mol. The molecule has 1 aliphatic heterocycles. The number of aliphatic imine (C=N–C) groups is 1. The van der Waals surface area contributed by atoms with Crippen LogP contribution in [0.1, 0.15) is 19.8 Å². The number of nitrogens with zero attached hydrogens (tertiary/aromatic N) is 4. The van der Waals surface area contributed by atoms with Gasteiger partial charge in [-0.05, 0) is 31.9 Å². The number of aromatic nitrogens is 1. The molecule has 0 radical (unpaired) electrons. The molecule has 0 aromatic carbocycles. The molecule has 1 fully saturated rings. The maximum Gasteiger partial charge on any atom is 0.213 e. The molecule has 1 unspecified atom stereocenters. The predicted octanol–water partition coefficient (Wildman–Crippen LogP) is 1.25. The van der Waals surface area contributed by atoms with Crippen LogP contribution in [-0.2, 0) is 10.0 Å². The molecule has 11 heteroatoms. The van der Waals surface area contributed by atoms with Crippen molar-refractivity contribution in [3.05, 3.63) is 24.1 Å². The zero-order valence-corrected chi connectivity index (χ0v) is 19.7. The number of sulfonamides is 1. The van der Waals surface area contributed by atoms with Gasteiger partial charge in [0.1, 0.15) is 0 Å². The second kappa shape index (κ2) is 11.7. The Balaban J connectivity index is 0.00000392. The van der Waals surface area contributed by atoms with Crippen molar-refractivity contribution in [1.82, 2.24) is 19.9 Å². The standard InChI is InChI=1S/C17H29FN6O2S.HI/c1-4-27(25,26)23(3)11-6-10-21-17(19-2)22-14-8-12-24(13-14)16-15(18)7-5-9-20-16;/h5,7,9,14H,4,6,8,10-13H2,1-3H3,(H2,19,21,22);1H. The van der Waals surface area contributed by atoms with Gasteiger partial charge in [0.05, 0.1) is 5.75 Å². The second-order valence-electron chi connectivity index (χ2n) is 6.46. The molecule has 28 heavy (non-hydrogen) atoms. The number of rotatable bonds is 8. The van der Waals surface area contributed by atoms with E-state index in [1.165, 1.54) is 10.4 Å². The van der Waals surface area contributed by atoms with E-state index >= 15 is 0 Å². The van der Waals surface area contributed by atoms with Crippen molar-refractivity contribution < 1.29 is 12.8 Å². The van der Waals surface area contributed by atoms with Gasteiger partial charge in [-0.3, -0.25) is 4.99 Å². The number of pyridine rings is 1. The lowest BCUT2D eigenvalue weighted by Gasteiger charge is -2.20. The molecule has 0 amide bonds. The van der Waals surface area contributed by atoms with Gasteiger partial charge in [-0.25, -0.2) is 22.1 Å². The summed E-state index contributed by atoms with van der Waals surface area (Å²) < 4.78 is 38.7. The number of hydrogen-bond acceptors (Lipinski definition) is 5. The largest absolute Gasteiger partial charge is 0.356 e. The van der Waals surface area contributed by atoms with Crippen molar-refractivity contribution in [3.8, 4) is 0 Å². The van der Waals surface area contributed by atoms with E-state index in [2.05, 4.69) is 20.6 Å². The molecule has 0 spiro atoms. The molecule has 0 bridgehead atoms. The zero-order valence-electron chi connectivity index (χ0n) is 16.6. The lowest BCUT2D eigenvalue weighted by atomic mass is 10.3. The van der Waals surface area contributed by atoms with Gasteiger partial charge in [-0.1, -0.05) is 0 Å². The van der Waals surface area contributed by atoms with E-state index in [1.54, 1.807) is 33.3 Å². The highest BCUT2D eigenvalue weighted by molar-refractivity contribution is 14.0. The number of nitrogens with one attached hydrogen (secondary N) is 2. The summed E-state index contributed by atoms with van der Waals surface area (Å²) in [5, 5.41) is 6.53. The monoisotopic (exact) mass is 528 g/mol. The van der Waals surface area contributed by atoms with Gasteiger partial charge in [0, 0.05) is 52.5 Å². The summed E-state index contributed by atoms with van der Waals surface area (Å²) in [6, 6.07) is 3.14. The third kappa shape index (κ3) is 6.99. The molecule has 1 aliphatic rings. The molecule has 160 valence electrons. The summed E-state index contributed by atoms with van der Waals surface area (Å²) in [5.41, 5.74) is 0. The van der Waals surface area contributed by atoms with Gasteiger partial charge in [0.15, 0.2) is 17.6 Å². The van der Waals surface area contributed by atoms with E-state index < -0.39 is 10.0 Å². The zero-order chi connectivity index (χ0) is 19.9. The molecule has 2 N–H and O–H groups in total. The van der Waals surface area contributed by atoms with Gasteiger partial charge < -0.3 is 15.5 Å². The van der Waals surface area contributed by atoms with Crippen LogP contribution < -0.4 is 15.5 Å². The Morgan fingerprint density at radius 2 is 2.25 bits per heavy atom. The minimum Gasteiger partial charge on any atom is -0.356 e. The fourth-order valence-electron chi connectivity index (χ4n) is 2.94. The van der Waals surface area contributed by atoms with Gasteiger partial charge in [0.25, 0.3) is 0 Å².